The molecule has 0 aliphatic carbocycles. The van der Waals surface area contributed by atoms with Gasteiger partial charge in [0.1, 0.15) is 5.75 Å². The lowest BCUT2D eigenvalue weighted by Crippen LogP contribution is -2.34. The second-order valence-electron chi connectivity index (χ2n) is 8.01. The van der Waals surface area contributed by atoms with Crippen LogP contribution >= 0.6 is 0 Å². The van der Waals surface area contributed by atoms with Crippen LogP contribution in [0.15, 0.2) is 66.7 Å². The van der Waals surface area contributed by atoms with Gasteiger partial charge in [0.05, 0.1) is 11.3 Å². The molecule has 3 aromatic rings. The molecule has 1 N–H and O–H groups in total. The zero-order valence-electron chi connectivity index (χ0n) is 17.8. The zero-order chi connectivity index (χ0) is 21.6. The number of benzene rings is 3. The molecule has 0 aromatic heterocycles. The standard InChI is InChI=1S/C26H28N2O3/c1-19(31-22-15-14-20-10-4-5-11-21(20)18-22)25(29)27-24-13-7-6-12-23(24)26(30)28-16-8-2-3-9-17-28/h4-7,10-15,18-19H,2-3,8-9,16-17H2,1H3,(H,27,29)/t19-/m1/s1. The van der Waals surface area contributed by atoms with Gasteiger partial charge >= 0.3 is 0 Å². The molecular weight excluding hydrogens is 388 g/mol. The van der Waals surface area contributed by atoms with Gasteiger partial charge in [-0.3, -0.25) is 9.59 Å². The third-order valence-corrected chi connectivity index (χ3v) is 5.71. The van der Waals surface area contributed by atoms with Crippen LogP contribution in [0.5, 0.6) is 5.75 Å². The molecule has 1 atom stereocenters. The number of rotatable bonds is 5. The van der Waals surface area contributed by atoms with Crippen molar-refractivity contribution in [3.63, 3.8) is 0 Å². The maximum absolute atomic E-state index is 13.1. The van der Waals surface area contributed by atoms with Crippen LogP contribution in [0.25, 0.3) is 10.8 Å². The highest BCUT2D eigenvalue weighted by atomic mass is 16.5. The molecule has 2 amide bonds. The van der Waals surface area contributed by atoms with Crippen LogP contribution in [-0.4, -0.2) is 35.9 Å². The predicted octanol–water partition coefficient (Wildman–Crippen LogP) is 5.26. The third kappa shape index (κ3) is 5.05. The molecule has 31 heavy (non-hydrogen) atoms. The summed E-state index contributed by atoms with van der Waals surface area (Å²) in [6, 6.07) is 21.0. The maximum Gasteiger partial charge on any atom is 0.265 e. The third-order valence-electron chi connectivity index (χ3n) is 5.71. The van der Waals surface area contributed by atoms with Gasteiger partial charge in [0, 0.05) is 13.1 Å². The number of carbonyl (C=O) groups is 2. The van der Waals surface area contributed by atoms with Crippen molar-refractivity contribution in [2.45, 2.75) is 38.7 Å². The average Bonchev–Trinajstić information content (AvgIpc) is 3.08. The smallest absolute Gasteiger partial charge is 0.265 e. The van der Waals surface area contributed by atoms with Crippen molar-refractivity contribution in [2.75, 3.05) is 18.4 Å². The van der Waals surface area contributed by atoms with E-state index in [2.05, 4.69) is 5.32 Å². The van der Waals surface area contributed by atoms with E-state index in [1.54, 1.807) is 19.1 Å². The molecule has 1 heterocycles. The van der Waals surface area contributed by atoms with Crippen molar-refractivity contribution >= 4 is 28.3 Å². The Bertz CT molecular complexity index is 1070. The molecule has 0 saturated carbocycles. The highest BCUT2D eigenvalue weighted by molar-refractivity contribution is 6.04. The zero-order valence-corrected chi connectivity index (χ0v) is 17.8. The van der Waals surface area contributed by atoms with Gasteiger partial charge in [-0.25, -0.2) is 0 Å². The number of hydrogen-bond acceptors (Lipinski definition) is 3. The van der Waals surface area contributed by atoms with E-state index in [1.807, 2.05) is 59.5 Å². The van der Waals surface area contributed by atoms with Gasteiger partial charge in [0.2, 0.25) is 0 Å². The first-order valence-electron chi connectivity index (χ1n) is 11.0. The first kappa shape index (κ1) is 20.9. The molecule has 0 bridgehead atoms. The van der Waals surface area contributed by atoms with E-state index in [-0.39, 0.29) is 11.8 Å². The Morgan fingerprint density at radius 1 is 0.871 bits per heavy atom. The number of likely N-dealkylation sites (tertiary alicyclic amines) is 1. The second kappa shape index (κ2) is 9.65. The first-order valence-corrected chi connectivity index (χ1v) is 11.0. The van der Waals surface area contributed by atoms with E-state index in [0.717, 1.165) is 49.5 Å². The molecule has 1 aliphatic heterocycles. The number of fused-ring (bicyclic) bond motifs is 1. The van der Waals surface area contributed by atoms with Crippen LogP contribution in [0.3, 0.4) is 0 Å². The number of nitrogens with zero attached hydrogens (tertiary/aromatic N) is 1. The molecule has 4 rings (SSSR count). The highest BCUT2D eigenvalue weighted by Gasteiger charge is 2.22. The number of amides is 2. The molecule has 1 saturated heterocycles. The monoisotopic (exact) mass is 416 g/mol. The molecule has 5 heteroatoms. The SMILES string of the molecule is C[C@@H](Oc1ccc2ccccc2c1)C(=O)Nc1ccccc1C(=O)N1CCCCCC1. The molecule has 160 valence electrons. The fourth-order valence-corrected chi connectivity index (χ4v) is 3.96. The summed E-state index contributed by atoms with van der Waals surface area (Å²) >= 11 is 0. The molecule has 0 unspecified atom stereocenters. The van der Waals surface area contributed by atoms with Gasteiger partial charge in [-0.05, 0) is 54.8 Å². The van der Waals surface area contributed by atoms with Gasteiger partial charge in [0.25, 0.3) is 11.8 Å². The Hall–Kier alpha value is -3.34. The van der Waals surface area contributed by atoms with E-state index in [4.69, 9.17) is 4.74 Å². The van der Waals surface area contributed by atoms with Gasteiger partial charge in [-0.1, -0.05) is 55.3 Å². The van der Waals surface area contributed by atoms with Crippen molar-refractivity contribution in [3.05, 3.63) is 72.3 Å². The van der Waals surface area contributed by atoms with Gasteiger partial charge in [-0.15, -0.1) is 0 Å². The minimum atomic E-state index is -0.706. The lowest BCUT2D eigenvalue weighted by Gasteiger charge is -2.22. The molecule has 0 radical (unpaired) electrons. The predicted molar refractivity (Wildman–Crippen MR) is 123 cm³/mol. The van der Waals surface area contributed by atoms with Crippen molar-refractivity contribution in [1.82, 2.24) is 4.90 Å². The van der Waals surface area contributed by atoms with Crippen LogP contribution in [0.1, 0.15) is 43.0 Å². The minimum Gasteiger partial charge on any atom is -0.481 e. The topological polar surface area (TPSA) is 58.6 Å². The Kier molecular flexibility index (Phi) is 6.51. The number of para-hydroxylation sites is 1. The summed E-state index contributed by atoms with van der Waals surface area (Å²) in [6.45, 7) is 3.24. The molecule has 1 aliphatic rings. The molecule has 1 fully saturated rings. The highest BCUT2D eigenvalue weighted by Crippen LogP contribution is 2.23. The summed E-state index contributed by atoms with van der Waals surface area (Å²) in [5.74, 6) is 0.320. The Balaban J connectivity index is 1.45. The van der Waals surface area contributed by atoms with Crippen molar-refractivity contribution < 1.29 is 14.3 Å². The number of carbonyl (C=O) groups excluding carboxylic acids is 2. The Morgan fingerprint density at radius 2 is 1.55 bits per heavy atom. The summed E-state index contributed by atoms with van der Waals surface area (Å²) in [5.41, 5.74) is 1.05. The van der Waals surface area contributed by atoms with Crippen LogP contribution < -0.4 is 10.1 Å². The summed E-state index contributed by atoms with van der Waals surface area (Å²) in [4.78, 5) is 27.8. The van der Waals surface area contributed by atoms with Crippen molar-refractivity contribution in [3.8, 4) is 5.75 Å². The number of nitrogens with one attached hydrogen (secondary N) is 1. The number of hydrogen-bond donors (Lipinski definition) is 1. The molecule has 3 aromatic carbocycles. The Morgan fingerprint density at radius 3 is 2.32 bits per heavy atom. The van der Waals surface area contributed by atoms with Crippen LogP contribution in [0.2, 0.25) is 0 Å². The maximum atomic E-state index is 13.1. The number of anilines is 1. The molecule has 5 nitrogen and oxygen atoms in total. The van der Waals surface area contributed by atoms with E-state index in [1.165, 1.54) is 0 Å². The van der Waals surface area contributed by atoms with E-state index >= 15 is 0 Å². The first-order chi connectivity index (χ1) is 15.1. The fraction of sp³-hybridized carbons (Fsp3) is 0.308. The normalized spacial score (nSPS) is 15.2. The lowest BCUT2D eigenvalue weighted by atomic mass is 10.1. The lowest BCUT2D eigenvalue weighted by molar-refractivity contribution is -0.122. The minimum absolute atomic E-state index is 0.0269. The van der Waals surface area contributed by atoms with Crippen LogP contribution in [-0.2, 0) is 4.79 Å². The second-order valence-corrected chi connectivity index (χ2v) is 8.01. The quantitative estimate of drug-likeness (QED) is 0.617. The summed E-state index contributed by atoms with van der Waals surface area (Å²) < 4.78 is 5.88. The molecule has 0 spiro atoms. The van der Waals surface area contributed by atoms with E-state index in [9.17, 15) is 9.59 Å². The fourth-order valence-electron chi connectivity index (χ4n) is 3.96. The van der Waals surface area contributed by atoms with E-state index in [0.29, 0.717) is 17.0 Å². The summed E-state index contributed by atoms with van der Waals surface area (Å²) in [6.07, 6.45) is 3.66. The van der Waals surface area contributed by atoms with Gasteiger partial charge in [-0.2, -0.15) is 0 Å². The van der Waals surface area contributed by atoms with E-state index < -0.39 is 6.10 Å². The van der Waals surface area contributed by atoms with Gasteiger partial charge in [0.15, 0.2) is 6.10 Å². The van der Waals surface area contributed by atoms with Crippen molar-refractivity contribution in [2.24, 2.45) is 0 Å². The van der Waals surface area contributed by atoms with Crippen molar-refractivity contribution in [1.29, 1.82) is 0 Å². The largest absolute Gasteiger partial charge is 0.481 e. The average molecular weight is 417 g/mol. The summed E-state index contributed by atoms with van der Waals surface area (Å²) in [5, 5.41) is 5.07. The van der Waals surface area contributed by atoms with Crippen LogP contribution in [0, 0.1) is 0 Å². The molecular formula is C26H28N2O3. The Labute approximate surface area is 183 Å². The van der Waals surface area contributed by atoms with Crippen LogP contribution in [0.4, 0.5) is 5.69 Å². The van der Waals surface area contributed by atoms with Gasteiger partial charge < -0.3 is 15.0 Å². The summed E-state index contributed by atoms with van der Waals surface area (Å²) in [7, 11) is 0. The number of ether oxygens (including phenoxy) is 1.